The molecule has 0 aromatic heterocycles. The molecule has 1 aromatic carbocycles. The molecule has 3 aliphatic heterocycles. The van der Waals surface area contributed by atoms with Gasteiger partial charge in [-0.05, 0) is 24.8 Å². The predicted octanol–water partition coefficient (Wildman–Crippen LogP) is 2.29. The van der Waals surface area contributed by atoms with Crippen LogP contribution in [0.15, 0.2) is 65.1 Å². The van der Waals surface area contributed by atoms with Crippen LogP contribution in [0.25, 0.3) is 0 Å². The van der Waals surface area contributed by atoms with Gasteiger partial charge in [-0.25, -0.2) is 10.3 Å². The second-order valence-corrected chi connectivity index (χ2v) is 8.60. The Balaban J connectivity index is 1.15. The van der Waals surface area contributed by atoms with E-state index in [2.05, 4.69) is 110 Å². The van der Waals surface area contributed by atoms with Gasteiger partial charge in [-0.15, -0.1) is 0 Å². The van der Waals surface area contributed by atoms with Gasteiger partial charge in [-0.1, -0.05) is 25.1 Å². The van der Waals surface area contributed by atoms with Crippen molar-refractivity contribution in [3.63, 3.8) is 0 Å². The van der Waals surface area contributed by atoms with Crippen molar-refractivity contribution in [2.75, 3.05) is 44.6 Å². The van der Waals surface area contributed by atoms with E-state index in [4.69, 9.17) is 0 Å². The minimum absolute atomic E-state index is 0.0819. The molecule has 1 aromatic rings. The van der Waals surface area contributed by atoms with E-state index in [-0.39, 0.29) is 12.1 Å². The second kappa shape index (κ2) is 10.4. The SMILES string of the molecule is CCN1CCN(C2=C[CH]C(NC3=CC(Nc4cccc([N+]5=CCN[CH]5)c4)[CH]C=N3)C=C2)CC1. The van der Waals surface area contributed by atoms with Crippen LogP contribution in [0.4, 0.5) is 11.4 Å². The normalized spacial score (nSPS) is 25.5. The molecule has 7 nitrogen and oxygen atoms in total. The van der Waals surface area contributed by atoms with Gasteiger partial charge >= 0.3 is 0 Å². The number of anilines is 1. The summed E-state index contributed by atoms with van der Waals surface area (Å²) in [6, 6.07) is 8.66. The standard InChI is InChI=1S/C26H33N7/c1-2-31-14-16-32(17-15-31)24-8-6-21(7-9-24)30-26-19-23(10-11-28-26)29-22-4-3-5-25(18-22)33-13-12-27-20-33/h3-11,13,18-21,23,27,29-30H,2,12,14-17H2,1H3/q+1. The summed E-state index contributed by atoms with van der Waals surface area (Å²) < 4.78 is 2.11. The molecule has 0 amide bonds. The Bertz CT molecular complexity index is 982. The lowest BCUT2D eigenvalue weighted by atomic mass is 10.0. The van der Waals surface area contributed by atoms with Crippen LogP contribution in [-0.4, -0.2) is 78.2 Å². The number of likely N-dealkylation sites (N-methyl/N-ethyl adjacent to an activating group) is 1. The number of aliphatic imine (C=N–C) groups is 1. The van der Waals surface area contributed by atoms with E-state index in [1.165, 1.54) is 5.70 Å². The molecule has 0 bridgehead atoms. The fraction of sp³-hybridized carbons (Fsp3) is 0.346. The Morgan fingerprint density at radius 2 is 2.03 bits per heavy atom. The molecular formula is C26H33N7+. The lowest BCUT2D eigenvalue weighted by molar-refractivity contribution is -0.386. The van der Waals surface area contributed by atoms with Gasteiger partial charge < -0.3 is 20.4 Å². The van der Waals surface area contributed by atoms with Crippen LogP contribution in [0, 0.1) is 19.5 Å². The molecule has 33 heavy (non-hydrogen) atoms. The van der Waals surface area contributed by atoms with Crippen LogP contribution in [-0.2, 0) is 0 Å². The van der Waals surface area contributed by atoms with E-state index in [1.807, 2.05) is 12.9 Å². The molecule has 4 aliphatic rings. The number of hydrogen-bond donors (Lipinski definition) is 3. The Morgan fingerprint density at radius 3 is 2.79 bits per heavy atom. The fourth-order valence-corrected chi connectivity index (χ4v) is 4.47. The molecular weight excluding hydrogens is 410 g/mol. The summed E-state index contributed by atoms with van der Waals surface area (Å²) in [6.07, 6.45) is 17.1. The van der Waals surface area contributed by atoms with Crippen molar-refractivity contribution in [2.45, 2.75) is 19.0 Å². The number of piperazine rings is 1. The Labute approximate surface area is 197 Å². The molecule has 0 spiro atoms. The topological polar surface area (TPSA) is 57.9 Å². The molecule has 171 valence electrons. The molecule has 3 N–H and O–H groups in total. The summed E-state index contributed by atoms with van der Waals surface area (Å²) in [5.74, 6) is 0.885. The first kappa shape index (κ1) is 21.9. The minimum Gasteiger partial charge on any atom is -0.378 e. The molecule has 7 heteroatoms. The van der Waals surface area contributed by atoms with Crippen molar-refractivity contribution in [2.24, 2.45) is 4.99 Å². The van der Waals surface area contributed by atoms with Gasteiger partial charge in [0.05, 0.1) is 18.6 Å². The van der Waals surface area contributed by atoms with E-state index in [1.54, 1.807) is 0 Å². The van der Waals surface area contributed by atoms with E-state index in [0.717, 1.165) is 56.5 Å². The average Bonchev–Trinajstić information content (AvgIpc) is 3.40. The number of hydrogen-bond acceptors (Lipinski definition) is 6. The van der Waals surface area contributed by atoms with E-state index in [9.17, 15) is 0 Å². The molecule has 1 aliphatic carbocycles. The van der Waals surface area contributed by atoms with Crippen molar-refractivity contribution in [3.05, 3.63) is 79.6 Å². The summed E-state index contributed by atoms with van der Waals surface area (Å²) in [4.78, 5) is 9.51. The minimum atomic E-state index is 0.0819. The number of benzene rings is 1. The molecule has 1 fully saturated rings. The number of rotatable bonds is 7. The van der Waals surface area contributed by atoms with Crippen LogP contribution in [0.2, 0.25) is 0 Å². The first-order valence-corrected chi connectivity index (χ1v) is 11.9. The van der Waals surface area contributed by atoms with Crippen LogP contribution in [0.1, 0.15) is 6.92 Å². The summed E-state index contributed by atoms with van der Waals surface area (Å²) in [7, 11) is 0. The third-order valence-electron chi connectivity index (χ3n) is 6.41. The van der Waals surface area contributed by atoms with Gasteiger partial charge in [0.1, 0.15) is 5.82 Å². The third kappa shape index (κ3) is 5.54. The van der Waals surface area contributed by atoms with Crippen LogP contribution >= 0.6 is 0 Å². The molecule has 0 saturated carbocycles. The molecule has 3 heterocycles. The highest BCUT2D eigenvalue weighted by Gasteiger charge is 2.20. The number of nitrogens with zero attached hydrogens (tertiary/aromatic N) is 4. The summed E-state index contributed by atoms with van der Waals surface area (Å²) in [5.41, 5.74) is 3.52. The summed E-state index contributed by atoms with van der Waals surface area (Å²) in [5, 5.41) is 10.3. The van der Waals surface area contributed by atoms with E-state index in [0.29, 0.717) is 0 Å². The summed E-state index contributed by atoms with van der Waals surface area (Å²) in [6.45, 7) is 10.7. The lowest BCUT2D eigenvalue weighted by Crippen LogP contribution is -2.45. The first-order chi connectivity index (χ1) is 16.3. The fourth-order valence-electron chi connectivity index (χ4n) is 4.47. The predicted molar refractivity (Wildman–Crippen MR) is 135 cm³/mol. The van der Waals surface area contributed by atoms with Gasteiger partial charge in [-0.2, -0.15) is 4.58 Å². The maximum Gasteiger partial charge on any atom is 0.290 e. The largest absolute Gasteiger partial charge is 0.378 e. The monoisotopic (exact) mass is 443 g/mol. The quantitative estimate of drug-likeness (QED) is 0.565. The maximum absolute atomic E-state index is 4.54. The molecule has 5 rings (SSSR count). The Hall–Kier alpha value is -2.90. The van der Waals surface area contributed by atoms with Gasteiger partial charge in [-0.3, -0.25) is 0 Å². The smallest absolute Gasteiger partial charge is 0.290 e. The summed E-state index contributed by atoms with van der Waals surface area (Å²) >= 11 is 0. The van der Waals surface area contributed by atoms with Gasteiger partial charge in [0.2, 0.25) is 5.69 Å². The third-order valence-corrected chi connectivity index (χ3v) is 6.41. The lowest BCUT2D eigenvalue weighted by Gasteiger charge is -2.37. The van der Waals surface area contributed by atoms with Crippen LogP contribution in [0.5, 0.6) is 0 Å². The number of allylic oxidation sites excluding steroid dienone is 1. The van der Waals surface area contributed by atoms with Gasteiger partial charge in [0.15, 0.2) is 6.21 Å². The van der Waals surface area contributed by atoms with Crippen molar-refractivity contribution in [1.82, 2.24) is 20.4 Å². The first-order valence-electron chi connectivity index (χ1n) is 11.9. The van der Waals surface area contributed by atoms with E-state index < -0.39 is 0 Å². The second-order valence-electron chi connectivity index (χ2n) is 8.60. The van der Waals surface area contributed by atoms with Gasteiger partial charge in [0, 0.05) is 68.8 Å². The highest BCUT2D eigenvalue weighted by Crippen LogP contribution is 2.22. The van der Waals surface area contributed by atoms with Crippen molar-refractivity contribution < 1.29 is 4.58 Å². The number of nitrogens with one attached hydrogen (secondary N) is 3. The van der Waals surface area contributed by atoms with Crippen molar-refractivity contribution >= 4 is 23.8 Å². The zero-order chi connectivity index (χ0) is 22.5. The Morgan fingerprint density at radius 1 is 1.12 bits per heavy atom. The average molecular weight is 444 g/mol. The molecule has 2 atom stereocenters. The van der Waals surface area contributed by atoms with E-state index >= 15 is 0 Å². The highest BCUT2D eigenvalue weighted by molar-refractivity contribution is 5.74. The highest BCUT2D eigenvalue weighted by atomic mass is 15.3. The Kier molecular flexibility index (Phi) is 6.88. The maximum atomic E-state index is 4.54. The molecule has 1 saturated heterocycles. The van der Waals surface area contributed by atoms with Gasteiger partial charge in [0.25, 0.3) is 6.67 Å². The van der Waals surface area contributed by atoms with Crippen LogP contribution < -0.4 is 16.0 Å². The van der Waals surface area contributed by atoms with Crippen molar-refractivity contribution in [3.8, 4) is 0 Å². The zero-order valence-corrected chi connectivity index (χ0v) is 19.2. The molecule has 3 radical (unpaired) electrons. The van der Waals surface area contributed by atoms with Crippen LogP contribution in [0.3, 0.4) is 0 Å². The van der Waals surface area contributed by atoms with Crippen molar-refractivity contribution in [1.29, 1.82) is 0 Å². The molecule has 2 unspecified atom stereocenters. The zero-order valence-electron chi connectivity index (χ0n) is 19.2.